The van der Waals surface area contributed by atoms with Gasteiger partial charge in [0.2, 0.25) is 10.8 Å². The smallest absolute Gasteiger partial charge is 0.411 e. The van der Waals surface area contributed by atoms with E-state index in [1.807, 2.05) is 18.7 Å². The minimum atomic E-state index is -5.28. The number of halogens is 6. The zero-order chi connectivity index (χ0) is 38.1. The molecular weight excluding hydrogens is 696 g/mol. The number of nitrogens with zero attached hydrogens (tertiary/aromatic N) is 1. The number of aliphatic hydroxyl groups is 3. The summed E-state index contributed by atoms with van der Waals surface area (Å²) in [5.41, 5.74) is -6.68. The van der Waals surface area contributed by atoms with Crippen LogP contribution in [0.25, 0.3) is 0 Å². The van der Waals surface area contributed by atoms with Crippen LogP contribution in [-0.2, 0) is 38.2 Å². The Hall–Kier alpha value is -3.98. The number of carbonyl (C=O) groups excluding carboxylic acids is 2. The summed E-state index contributed by atoms with van der Waals surface area (Å²) in [5.74, 6) is -4.20. The molecule has 14 heteroatoms. The molecule has 0 aromatic heterocycles. The number of hydrogen-bond donors (Lipinski definition) is 3. The second kappa shape index (κ2) is 15.2. The Morgan fingerprint density at radius 2 is 1.37 bits per heavy atom. The first-order valence-corrected chi connectivity index (χ1v) is 16.9. The van der Waals surface area contributed by atoms with Gasteiger partial charge in [-0.3, -0.25) is 14.5 Å². The predicted molar refractivity (Wildman–Crippen MR) is 176 cm³/mol. The minimum Gasteiger partial charge on any atom is -0.461 e. The number of ether oxygens (including phenoxy) is 2. The maximum atomic E-state index is 14.7. The van der Waals surface area contributed by atoms with Crippen LogP contribution in [0.15, 0.2) is 72.8 Å². The topological polar surface area (TPSA) is 117 Å². The van der Waals surface area contributed by atoms with Crippen LogP contribution in [0.5, 0.6) is 5.75 Å². The summed E-state index contributed by atoms with van der Waals surface area (Å²) < 4.78 is 99.2. The van der Waals surface area contributed by atoms with Gasteiger partial charge in [0.1, 0.15) is 11.9 Å². The molecule has 0 amide bonds. The fraction of sp³-hybridized carbons (Fsp3) is 0.474. The average Bonchev–Trinajstić information content (AvgIpc) is 3.09. The summed E-state index contributed by atoms with van der Waals surface area (Å²) in [6.07, 6.45) is -10.6. The summed E-state index contributed by atoms with van der Waals surface area (Å²) in [6.45, 7) is 0.687. The molecule has 0 radical (unpaired) electrons. The van der Waals surface area contributed by atoms with Gasteiger partial charge in [-0.05, 0) is 53.1 Å². The molecule has 0 saturated carbocycles. The van der Waals surface area contributed by atoms with E-state index in [1.54, 1.807) is 0 Å². The van der Waals surface area contributed by atoms with Crippen molar-refractivity contribution >= 4 is 11.9 Å². The number of aliphatic hydroxyl groups excluding tert-OH is 3. The third-order valence-electron chi connectivity index (χ3n) is 10.3. The van der Waals surface area contributed by atoms with E-state index in [-0.39, 0.29) is 23.7 Å². The second-order valence-corrected chi connectivity index (χ2v) is 13.9. The van der Waals surface area contributed by atoms with E-state index in [0.717, 1.165) is 24.3 Å². The van der Waals surface area contributed by atoms with Crippen LogP contribution in [-0.4, -0.2) is 76.9 Å². The van der Waals surface area contributed by atoms with Crippen molar-refractivity contribution in [3.8, 4) is 5.75 Å². The van der Waals surface area contributed by atoms with Crippen molar-refractivity contribution in [2.45, 2.75) is 75.0 Å². The summed E-state index contributed by atoms with van der Waals surface area (Å²) >= 11 is 0. The number of fused-ring (bicyclic) bond motifs is 3. The van der Waals surface area contributed by atoms with Crippen LogP contribution in [0, 0.1) is 11.8 Å². The van der Waals surface area contributed by atoms with Crippen molar-refractivity contribution in [3.05, 3.63) is 101 Å². The predicted octanol–water partition coefficient (Wildman–Crippen LogP) is 5.95. The van der Waals surface area contributed by atoms with Gasteiger partial charge in [-0.25, -0.2) is 0 Å². The van der Waals surface area contributed by atoms with E-state index in [1.165, 1.54) is 48.5 Å². The minimum absolute atomic E-state index is 0.0106. The van der Waals surface area contributed by atoms with Crippen molar-refractivity contribution < 1.29 is 60.7 Å². The lowest BCUT2D eigenvalue weighted by molar-refractivity contribution is -0.223. The first-order chi connectivity index (χ1) is 24.5. The van der Waals surface area contributed by atoms with Gasteiger partial charge < -0.3 is 24.8 Å². The number of piperidine rings is 1. The second-order valence-electron chi connectivity index (χ2n) is 13.9. The zero-order valence-electron chi connectivity index (χ0n) is 28.6. The third kappa shape index (κ3) is 7.05. The molecular formula is C38H41F6NO7. The SMILES string of the molecule is CC(C)C[C@@H]1CN2CCc3cc(CO)c(OC(=O)[C@](CO)(c4ccccc4)C(F)(F)F)cc3C2CC1OC(=O)[C@](CO)(c1ccccc1)C(F)(F)F. The standard InChI is InChI=1S/C38H41F6NO7/c1-23(2)15-25-19-45-14-13-24-16-26(20-46)31(51-33(49)35(21-47,37(39,40)41)27-9-5-3-6-10-27)17-29(24)30(45)18-32(25)52-34(50)36(22-48,38(42,43)44)28-11-7-4-8-12-28/h3-12,16-17,23,25,30,32,46-48H,13-15,18-22H2,1-2H3/t25-,30?,32?,35+,36+/m1/s1. The summed E-state index contributed by atoms with van der Waals surface area (Å²) in [5, 5.41) is 30.4. The third-order valence-corrected chi connectivity index (χ3v) is 10.3. The molecule has 3 aromatic carbocycles. The van der Waals surface area contributed by atoms with Crippen LogP contribution >= 0.6 is 0 Å². The lowest BCUT2D eigenvalue weighted by atomic mass is 9.77. The molecule has 282 valence electrons. The highest BCUT2D eigenvalue weighted by Crippen LogP contribution is 2.47. The molecule has 5 atom stereocenters. The van der Waals surface area contributed by atoms with E-state index in [2.05, 4.69) is 0 Å². The Labute approximate surface area is 297 Å². The van der Waals surface area contributed by atoms with Crippen LogP contribution in [0.4, 0.5) is 26.3 Å². The van der Waals surface area contributed by atoms with Gasteiger partial charge in [0.15, 0.2) is 0 Å². The summed E-state index contributed by atoms with van der Waals surface area (Å²) in [7, 11) is 0. The molecule has 0 spiro atoms. The van der Waals surface area contributed by atoms with E-state index in [4.69, 9.17) is 9.47 Å². The highest BCUT2D eigenvalue weighted by atomic mass is 19.4. The van der Waals surface area contributed by atoms with Crippen molar-refractivity contribution in [2.24, 2.45) is 11.8 Å². The molecule has 2 heterocycles. The molecule has 2 unspecified atom stereocenters. The molecule has 52 heavy (non-hydrogen) atoms. The molecule has 5 rings (SSSR count). The number of esters is 2. The Kier molecular flexibility index (Phi) is 11.4. The molecule has 2 aliphatic rings. The van der Waals surface area contributed by atoms with E-state index >= 15 is 0 Å². The molecule has 3 N–H and O–H groups in total. The quantitative estimate of drug-likeness (QED) is 0.126. The van der Waals surface area contributed by atoms with Crippen molar-refractivity contribution in [3.63, 3.8) is 0 Å². The van der Waals surface area contributed by atoms with Gasteiger partial charge >= 0.3 is 24.3 Å². The molecule has 8 nitrogen and oxygen atoms in total. The highest BCUT2D eigenvalue weighted by molar-refractivity contribution is 5.87. The van der Waals surface area contributed by atoms with Gasteiger partial charge in [0, 0.05) is 37.0 Å². The van der Waals surface area contributed by atoms with Crippen LogP contribution in [0.3, 0.4) is 0 Å². The Balaban J connectivity index is 1.52. The molecule has 3 aromatic rings. The number of benzene rings is 3. The fourth-order valence-corrected chi connectivity index (χ4v) is 7.51. The molecule has 0 aliphatic carbocycles. The van der Waals surface area contributed by atoms with Crippen LogP contribution in [0.1, 0.15) is 60.5 Å². The van der Waals surface area contributed by atoms with Gasteiger partial charge in [-0.1, -0.05) is 74.5 Å². The number of hydrogen-bond acceptors (Lipinski definition) is 8. The Morgan fingerprint density at radius 3 is 1.85 bits per heavy atom. The van der Waals surface area contributed by atoms with Crippen molar-refractivity contribution in [2.75, 3.05) is 26.3 Å². The maximum absolute atomic E-state index is 14.7. The number of alkyl halides is 6. The van der Waals surface area contributed by atoms with E-state index in [9.17, 15) is 51.3 Å². The Morgan fingerprint density at radius 1 is 0.827 bits per heavy atom. The molecule has 0 bridgehead atoms. The van der Waals surface area contributed by atoms with E-state index in [0.29, 0.717) is 37.1 Å². The van der Waals surface area contributed by atoms with Crippen LogP contribution < -0.4 is 4.74 Å². The lowest BCUT2D eigenvalue weighted by Crippen LogP contribution is -2.56. The first kappa shape index (κ1) is 39.2. The summed E-state index contributed by atoms with van der Waals surface area (Å²) in [4.78, 5) is 29.3. The molecule has 1 fully saturated rings. The Bertz CT molecular complexity index is 1720. The van der Waals surface area contributed by atoms with Gasteiger partial charge in [-0.2, -0.15) is 26.3 Å². The van der Waals surface area contributed by atoms with Gasteiger partial charge in [0.05, 0.1) is 19.8 Å². The zero-order valence-corrected chi connectivity index (χ0v) is 28.6. The average molecular weight is 738 g/mol. The van der Waals surface area contributed by atoms with Crippen molar-refractivity contribution in [1.82, 2.24) is 4.90 Å². The van der Waals surface area contributed by atoms with Gasteiger partial charge in [-0.15, -0.1) is 0 Å². The number of carbonyl (C=O) groups is 2. The molecule has 2 aliphatic heterocycles. The largest absolute Gasteiger partial charge is 0.461 e. The van der Waals surface area contributed by atoms with Crippen molar-refractivity contribution in [1.29, 1.82) is 0 Å². The monoisotopic (exact) mass is 737 g/mol. The highest BCUT2D eigenvalue weighted by Gasteiger charge is 2.64. The fourth-order valence-electron chi connectivity index (χ4n) is 7.51. The van der Waals surface area contributed by atoms with Gasteiger partial charge in [0.25, 0.3) is 0 Å². The first-order valence-electron chi connectivity index (χ1n) is 16.9. The normalized spacial score (nSPS) is 21.7. The van der Waals surface area contributed by atoms with E-state index < -0.39 is 84.1 Å². The lowest BCUT2D eigenvalue weighted by Gasteiger charge is -2.48. The summed E-state index contributed by atoms with van der Waals surface area (Å²) in [6, 6.07) is 14.6. The molecule has 1 saturated heterocycles. The maximum Gasteiger partial charge on any atom is 0.411 e. The number of rotatable bonds is 11. The van der Waals surface area contributed by atoms with Crippen LogP contribution in [0.2, 0.25) is 0 Å².